The molecule has 27 heavy (non-hydrogen) atoms. The van der Waals surface area contributed by atoms with Gasteiger partial charge in [0.25, 0.3) is 0 Å². The molecule has 7 heteroatoms. The highest BCUT2D eigenvalue weighted by molar-refractivity contribution is 14.0. The first-order valence-electron chi connectivity index (χ1n) is 9.58. The van der Waals surface area contributed by atoms with Crippen molar-refractivity contribution >= 4 is 41.7 Å². The number of ether oxygens (including phenoxy) is 1. The molecule has 0 amide bonds. The van der Waals surface area contributed by atoms with Crippen LogP contribution in [-0.2, 0) is 11.3 Å². The number of nitrogens with one attached hydrogen (secondary N) is 2. The molecular formula is C20H34IN3O2S. The molecule has 3 atom stereocenters. The SMILES string of the molecule is CCNC(=NCC(O)COCc1ccccc1)NC1CCCC(SC)C1.I. The summed E-state index contributed by atoms with van der Waals surface area (Å²) in [6, 6.07) is 10.5. The Bertz CT molecular complexity index is 533. The molecule has 1 saturated carbocycles. The predicted octanol–water partition coefficient (Wildman–Crippen LogP) is 3.41. The standard InChI is InChI=1S/C20H33N3O2S.HI/c1-3-21-20(23-17-10-7-11-19(12-17)26-2)22-13-18(24)15-25-14-16-8-5-4-6-9-16;/h4-6,8-9,17-19,24H,3,7,10-15H2,1-2H3,(H2,21,22,23);1H. The smallest absolute Gasteiger partial charge is 0.191 e. The second kappa shape index (κ2) is 14.5. The Balaban J connectivity index is 0.00000364. The van der Waals surface area contributed by atoms with Gasteiger partial charge in [-0.05, 0) is 38.0 Å². The van der Waals surface area contributed by atoms with E-state index in [-0.39, 0.29) is 30.6 Å². The van der Waals surface area contributed by atoms with Gasteiger partial charge in [0.05, 0.1) is 25.9 Å². The van der Waals surface area contributed by atoms with Crippen molar-refractivity contribution in [1.82, 2.24) is 10.6 Å². The van der Waals surface area contributed by atoms with Crippen LogP contribution in [0.5, 0.6) is 0 Å². The first kappa shape index (κ1) is 24.5. The Hall–Kier alpha value is -0.510. The van der Waals surface area contributed by atoms with E-state index >= 15 is 0 Å². The van der Waals surface area contributed by atoms with E-state index in [0.29, 0.717) is 19.2 Å². The number of aliphatic hydroxyl groups excluding tert-OH is 1. The number of hydrogen-bond donors (Lipinski definition) is 3. The van der Waals surface area contributed by atoms with Crippen molar-refractivity contribution in [3.05, 3.63) is 35.9 Å². The first-order chi connectivity index (χ1) is 12.7. The van der Waals surface area contributed by atoms with Crippen LogP contribution in [0.15, 0.2) is 35.3 Å². The van der Waals surface area contributed by atoms with Crippen LogP contribution < -0.4 is 10.6 Å². The number of guanidine groups is 1. The van der Waals surface area contributed by atoms with E-state index < -0.39 is 6.10 Å². The lowest BCUT2D eigenvalue weighted by Gasteiger charge is -2.30. The van der Waals surface area contributed by atoms with E-state index in [1.807, 2.05) is 42.1 Å². The van der Waals surface area contributed by atoms with Crippen LogP contribution in [-0.4, -0.2) is 54.4 Å². The Labute approximate surface area is 185 Å². The summed E-state index contributed by atoms with van der Waals surface area (Å²) in [6.45, 7) is 4.00. The molecule has 0 radical (unpaired) electrons. The summed E-state index contributed by atoms with van der Waals surface area (Å²) < 4.78 is 5.59. The fourth-order valence-electron chi connectivity index (χ4n) is 3.14. The Kier molecular flexibility index (Phi) is 13.2. The third-order valence-electron chi connectivity index (χ3n) is 4.53. The molecule has 0 bridgehead atoms. The van der Waals surface area contributed by atoms with Crippen LogP contribution in [0.25, 0.3) is 0 Å². The van der Waals surface area contributed by atoms with Crippen molar-refractivity contribution in [3.63, 3.8) is 0 Å². The van der Waals surface area contributed by atoms with E-state index in [0.717, 1.165) is 23.3 Å². The van der Waals surface area contributed by atoms with Crippen molar-refractivity contribution in [2.45, 2.75) is 56.6 Å². The summed E-state index contributed by atoms with van der Waals surface area (Å²) in [5, 5.41) is 17.7. The molecule has 1 aromatic carbocycles. The summed E-state index contributed by atoms with van der Waals surface area (Å²) in [4.78, 5) is 4.54. The summed E-state index contributed by atoms with van der Waals surface area (Å²) in [5.41, 5.74) is 1.11. The predicted molar refractivity (Wildman–Crippen MR) is 126 cm³/mol. The van der Waals surface area contributed by atoms with Crippen LogP contribution in [0.3, 0.4) is 0 Å². The van der Waals surface area contributed by atoms with E-state index in [1.54, 1.807) is 0 Å². The molecule has 0 saturated heterocycles. The Morgan fingerprint density at radius 2 is 2.11 bits per heavy atom. The minimum Gasteiger partial charge on any atom is -0.389 e. The molecular weight excluding hydrogens is 473 g/mol. The number of hydrogen-bond acceptors (Lipinski definition) is 4. The monoisotopic (exact) mass is 507 g/mol. The zero-order valence-corrected chi connectivity index (χ0v) is 19.5. The molecule has 1 aliphatic carbocycles. The van der Waals surface area contributed by atoms with Gasteiger partial charge in [-0.1, -0.05) is 36.8 Å². The zero-order valence-electron chi connectivity index (χ0n) is 16.4. The van der Waals surface area contributed by atoms with Crippen molar-refractivity contribution in [1.29, 1.82) is 0 Å². The van der Waals surface area contributed by atoms with Crippen molar-refractivity contribution < 1.29 is 9.84 Å². The zero-order chi connectivity index (χ0) is 18.6. The molecule has 1 fully saturated rings. The third-order valence-corrected chi connectivity index (χ3v) is 5.62. The van der Waals surface area contributed by atoms with Crippen LogP contribution >= 0.6 is 35.7 Å². The molecule has 1 aliphatic rings. The minimum absolute atomic E-state index is 0. The number of halogens is 1. The minimum atomic E-state index is -0.598. The highest BCUT2D eigenvalue weighted by atomic mass is 127. The van der Waals surface area contributed by atoms with Gasteiger partial charge < -0.3 is 20.5 Å². The van der Waals surface area contributed by atoms with Crippen LogP contribution in [0.1, 0.15) is 38.2 Å². The molecule has 154 valence electrons. The van der Waals surface area contributed by atoms with Gasteiger partial charge in [0.2, 0.25) is 0 Å². The number of aliphatic imine (C=N–C) groups is 1. The largest absolute Gasteiger partial charge is 0.389 e. The van der Waals surface area contributed by atoms with Gasteiger partial charge in [0, 0.05) is 17.8 Å². The van der Waals surface area contributed by atoms with Crippen LogP contribution in [0, 0.1) is 0 Å². The van der Waals surface area contributed by atoms with Crippen LogP contribution in [0.4, 0.5) is 0 Å². The molecule has 3 unspecified atom stereocenters. The van der Waals surface area contributed by atoms with E-state index in [2.05, 4.69) is 28.8 Å². The van der Waals surface area contributed by atoms with Crippen molar-refractivity contribution in [3.8, 4) is 0 Å². The quantitative estimate of drug-likeness (QED) is 0.272. The van der Waals surface area contributed by atoms with Crippen LogP contribution in [0.2, 0.25) is 0 Å². The second-order valence-corrected chi connectivity index (χ2v) is 7.88. The Morgan fingerprint density at radius 3 is 2.81 bits per heavy atom. The number of aliphatic hydroxyl groups is 1. The highest BCUT2D eigenvalue weighted by Crippen LogP contribution is 2.26. The second-order valence-electron chi connectivity index (χ2n) is 6.74. The lowest BCUT2D eigenvalue weighted by atomic mass is 9.95. The van der Waals surface area contributed by atoms with Crippen molar-refractivity contribution in [2.24, 2.45) is 4.99 Å². The molecule has 0 aromatic heterocycles. The maximum absolute atomic E-state index is 10.1. The fraction of sp³-hybridized carbons (Fsp3) is 0.650. The average Bonchev–Trinajstić information content (AvgIpc) is 2.67. The maximum Gasteiger partial charge on any atom is 0.191 e. The molecule has 3 N–H and O–H groups in total. The normalized spacial score (nSPS) is 21.2. The summed E-state index contributed by atoms with van der Waals surface area (Å²) in [5.74, 6) is 0.793. The number of benzene rings is 1. The Morgan fingerprint density at radius 1 is 1.33 bits per heavy atom. The molecule has 2 rings (SSSR count). The lowest BCUT2D eigenvalue weighted by Crippen LogP contribution is -2.46. The molecule has 0 spiro atoms. The molecule has 5 nitrogen and oxygen atoms in total. The first-order valence-corrected chi connectivity index (χ1v) is 10.9. The number of nitrogens with zero attached hydrogens (tertiary/aromatic N) is 1. The topological polar surface area (TPSA) is 65.9 Å². The van der Waals surface area contributed by atoms with Gasteiger partial charge >= 0.3 is 0 Å². The van der Waals surface area contributed by atoms with E-state index in [1.165, 1.54) is 25.7 Å². The summed E-state index contributed by atoms with van der Waals surface area (Å²) in [6.07, 6.45) is 6.53. The van der Waals surface area contributed by atoms with Gasteiger partial charge in [-0.3, -0.25) is 4.99 Å². The molecule has 0 heterocycles. The number of rotatable bonds is 9. The third kappa shape index (κ3) is 10.0. The summed E-state index contributed by atoms with van der Waals surface area (Å²) >= 11 is 1.96. The average molecular weight is 507 g/mol. The summed E-state index contributed by atoms with van der Waals surface area (Å²) in [7, 11) is 0. The van der Waals surface area contributed by atoms with Gasteiger partial charge in [-0.15, -0.1) is 24.0 Å². The fourth-order valence-corrected chi connectivity index (χ4v) is 3.97. The van der Waals surface area contributed by atoms with Gasteiger partial charge in [0.15, 0.2) is 5.96 Å². The molecule has 0 aliphatic heterocycles. The van der Waals surface area contributed by atoms with Gasteiger partial charge in [-0.25, -0.2) is 0 Å². The van der Waals surface area contributed by atoms with Crippen molar-refractivity contribution in [2.75, 3.05) is 26.0 Å². The maximum atomic E-state index is 10.1. The van der Waals surface area contributed by atoms with E-state index in [9.17, 15) is 5.11 Å². The highest BCUT2D eigenvalue weighted by Gasteiger charge is 2.21. The lowest BCUT2D eigenvalue weighted by molar-refractivity contribution is 0.0331. The van der Waals surface area contributed by atoms with Gasteiger partial charge in [0.1, 0.15) is 0 Å². The van der Waals surface area contributed by atoms with E-state index in [4.69, 9.17) is 4.74 Å². The molecule has 1 aromatic rings. The van der Waals surface area contributed by atoms with Gasteiger partial charge in [-0.2, -0.15) is 11.8 Å². The number of thioether (sulfide) groups is 1.